The molecule has 3 rings (SSSR count). The van der Waals surface area contributed by atoms with Gasteiger partial charge in [0.1, 0.15) is 17.6 Å². The Balaban J connectivity index is 2.11. The van der Waals surface area contributed by atoms with Crippen LogP contribution >= 0.6 is 0 Å². The number of nitrogens with zero attached hydrogens (tertiary/aromatic N) is 2. The Hall–Kier alpha value is -1.93. The normalized spacial score (nSPS) is 35.0. The average Bonchev–Trinajstić information content (AvgIpc) is 3.22. The highest BCUT2D eigenvalue weighted by molar-refractivity contribution is 5.98. The molecule has 1 N–H and O–H groups in total. The van der Waals surface area contributed by atoms with Crippen LogP contribution in [0, 0.1) is 17.8 Å². The summed E-state index contributed by atoms with van der Waals surface area (Å²) in [7, 11) is 0. The van der Waals surface area contributed by atoms with Crippen LogP contribution in [0.5, 0.6) is 0 Å². The lowest BCUT2D eigenvalue weighted by Gasteiger charge is -2.42. The Bertz CT molecular complexity index is 807. The van der Waals surface area contributed by atoms with Gasteiger partial charge in [0.2, 0.25) is 11.8 Å². The summed E-state index contributed by atoms with van der Waals surface area (Å²) in [6, 6.07) is -0.837. The largest absolute Gasteiger partial charge is 0.466 e. The zero-order chi connectivity index (χ0) is 24.8. The molecule has 0 saturated carbocycles. The molecule has 3 aliphatic rings. The Kier molecular flexibility index (Phi) is 7.02. The lowest BCUT2D eigenvalue weighted by atomic mass is 9.62. The molecule has 2 amide bonds. The van der Waals surface area contributed by atoms with Gasteiger partial charge in [0.05, 0.1) is 18.1 Å². The van der Waals surface area contributed by atoms with E-state index in [1.807, 2.05) is 34.6 Å². The molecule has 186 valence electrons. The zero-order valence-electron chi connectivity index (χ0n) is 20.9. The van der Waals surface area contributed by atoms with Gasteiger partial charge in [0, 0.05) is 25.2 Å². The van der Waals surface area contributed by atoms with E-state index in [0.29, 0.717) is 32.4 Å². The SMILES string of the molecule is C=CCN(C(=O)C1N(CCCCO)C(=O)[C@@H]2[C@@H](C(=O)OCC)[C@]3(C)OC12CC3C)C(C)(C)C. The maximum absolute atomic E-state index is 14.1. The third-order valence-corrected chi connectivity index (χ3v) is 7.78. The van der Waals surface area contributed by atoms with E-state index < -0.39 is 40.6 Å². The molecule has 33 heavy (non-hydrogen) atoms. The van der Waals surface area contributed by atoms with Crippen LogP contribution in [-0.4, -0.2) is 81.8 Å². The molecular weight excluding hydrogens is 424 g/mol. The minimum atomic E-state index is -1.08. The number of carbonyl (C=O) groups excluding carboxylic acids is 3. The topological polar surface area (TPSA) is 96.4 Å². The fourth-order valence-corrected chi connectivity index (χ4v) is 6.21. The van der Waals surface area contributed by atoms with E-state index in [4.69, 9.17) is 9.47 Å². The van der Waals surface area contributed by atoms with Gasteiger partial charge in [-0.05, 0) is 59.8 Å². The quantitative estimate of drug-likeness (QED) is 0.319. The van der Waals surface area contributed by atoms with Crippen molar-refractivity contribution in [2.45, 2.75) is 83.6 Å². The number of aliphatic hydroxyl groups excluding tert-OH is 1. The van der Waals surface area contributed by atoms with Crippen LogP contribution in [0.25, 0.3) is 0 Å². The molecule has 8 nitrogen and oxygen atoms in total. The first-order valence-electron chi connectivity index (χ1n) is 12.1. The Morgan fingerprint density at radius 3 is 2.58 bits per heavy atom. The molecule has 8 heteroatoms. The summed E-state index contributed by atoms with van der Waals surface area (Å²) in [4.78, 5) is 44.4. The van der Waals surface area contributed by atoms with Crippen LogP contribution < -0.4 is 0 Å². The summed E-state index contributed by atoms with van der Waals surface area (Å²) in [5.74, 6) is -2.39. The van der Waals surface area contributed by atoms with Gasteiger partial charge >= 0.3 is 5.97 Å². The van der Waals surface area contributed by atoms with Crippen molar-refractivity contribution in [1.29, 1.82) is 0 Å². The van der Waals surface area contributed by atoms with Crippen molar-refractivity contribution in [3.8, 4) is 0 Å². The van der Waals surface area contributed by atoms with E-state index in [2.05, 4.69) is 6.58 Å². The average molecular weight is 465 g/mol. The maximum atomic E-state index is 14.1. The smallest absolute Gasteiger partial charge is 0.312 e. The highest BCUT2D eigenvalue weighted by Gasteiger charge is 2.80. The van der Waals surface area contributed by atoms with E-state index in [9.17, 15) is 19.5 Å². The van der Waals surface area contributed by atoms with Crippen LogP contribution in [0.1, 0.15) is 60.8 Å². The fraction of sp³-hybridized carbons (Fsp3) is 0.800. The highest BCUT2D eigenvalue weighted by atomic mass is 16.6. The molecule has 3 saturated heterocycles. The summed E-state index contributed by atoms with van der Waals surface area (Å²) >= 11 is 0. The number of amides is 2. The number of hydrogen-bond acceptors (Lipinski definition) is 6. The van der Waals surface area contributed by atoms with E-state index in [0.717, 1.165) is 0 Å². The molecule has 2 bridgehead atoms. The molecule has 3 aliphatic heterocycles. The standard InChI is InChI=1S/C25H40N2O6/c1-8-12-27(23(4,5)6)21(30)19-25-15-16(3)24(7,33-25)18(22(31)32-9-2)17(25)20(29)26(19)13-10-11-14-28/h8,16-19,28H,1,9-15H2,2-7H3/t16?,17-,18-,19?,24+,25?/m0/s1. The number of unbranched alkanes of at least 4 members (excludes halogenated alkanes) is 1. The molecule has 3 unspecified atom stereocenters. The van der Waals surface area contributed by atoms with Gasteiger partial charge in [-0.15, -0.1) is 6.58 Å². The predicted octanol–water partition coefficient (Wildman–Crippen LogP) is 2.15. The number of carbonyl (C=O) groups is 3. The summed E-state index contributed by atoms with van der Waals surface area (Å²) in [5, 5.41) is 9.28. The van der Waals surface area contributed by atoms with E-state index in [1.54, 1.807) is 22.8 Å². The summed E-state index contributed by atoms with van der Waals surface area (Å²) in [5.41, 5.74) is -2.44. The number of aliphatic hydroxyl groups is 1. The van der Waals surface area contributed by atoms with Gasteiger partial charge in [0.15, 0.2) is 0 Å². The number of likely N-dealkylation sites (tertiary alicyclic amines) is 1. The molecule has 0 aromatic rings. The van der Waals surface area contributed by atoms with Crippen molar-refractivity contribution in [2.75, 3.05) is 26.3 Å². The Labute approximate surface area is 197 Å². The highest BCUT2D eigenvalue weighted by Crippen LogP contribution is 2.65. The third-order valence-electron chi connectivity index (χ3n) is 7.78. The lowest BCUT2D eigenvalue weighted by molar-refractivity contribution is -0.162. The fourth-order valence-electron chi connectivity index (χ4n) is 6.21. The molecule has 3 fully saturated rings. The first-order chi connectivity index (χ1) is 15.4. The maximum Gasteiger partial charge on any atom is 0.312 e. The van der Waals surface area contributed by atoms with Gasteiger partial charge in [-0.3, -0.25) is 14.4 Å². The third kappa shape index (κ3) is 3.89. The van der Waals surface area contributed by atoms with Crippen molar-refractivity contribution in [1.82, 2.24) is 9.80 Å². The van der Waals surface area contributed by atoms with Gasteiger partial charge in [-0.1, -0.05) is 13.0 Å². The zero-order valence-corrected chi connectivity index (χ0v) is 20.9. The first kappa shape index (κ1) is 25.7. The van der Waals surface area contributed by atoms with E-state index in [1.165, 1.54) is 0 Å². The van der Waals surface area contributed by atoms with Crippen LogP contribution in [0.4, 0.5) is 0 Å². The van der Waals surface area contributed by atoms with Crippen LogP contribution in [-0.2, 0) is 23.9 Å². The van der Waals surface area contributed by atoms with Crippen LogP contribution in [0.3, 0.4) is 0 Å². The number of hydrogen-bond donors (Lipinski definition) is 1. The van der Waals surface area contributed by atoms with Gasteiger partial charge in [-0.2, -0.15) is 0 Å². The Morgan fingerprint density at radius 2 is 2.03 bits per heavy atom. The molecule has 6 atom stereocenters. The minimum absolute atomic E-state index is 0.0108. The predicted molar refractivity (Wildman–Crippen MR) is 123 cm³/mol. The van der Waals surface area contributed by atoms with E-state index >= 15 is 0 Å². The molecule has 0 aliphatic carbocycles. The van der Waals surface area contributed by atoms with Gasteiger partial charge in [-0.25, -0.2) is 0 Å². The molecule has 3 heterocycles. The second-order valence-corrected chi connectivity index (χ2v) is 10.8. The van der Waals surface area contributed by atoms with Gasteiger partial charge < -0.3 is 24.4 Å². The Morgan fingerprint density at radius 1 is 1.36 bits per heavy atom. The van der Waals surface area contributed by atoms with Crippen molar-refractivity contribution in [3.05, 3.63) is 12.7 Å². The molecule has 0 aromatic carbocycles. The molecule has 0 aromatic heterocycles. The van der Waals surface area contributed by atoms with Crippen LogP contribution in [0.2, 0.25) is 0 Å². The molecule has 1 spiro atoms. The van der Waals surface area contributed by atoms with E-state index in [-0.39, 0.29) is 30.9 Å². The van der Waals surface area contributed by atoms with Gasteiger partial charge in [0.25, 0.3) is 0 Å². The minimum Gasteiger partial charge on any atom is -0.466 e. The number of ether oxygens (including phenoxy) is 2. The van der Waals surface area contributed by atoms with Crippen LogP contribution in [0.15, 0.2) is 12.7 Å². The van der Waals surface area contributed by atoms with Crippen molar-refractivity contribution in [3.63, 3.8) is 0 Å². The lowest BCUT2D eigenvalue weighted by Crippen LogP contribution is -2.60. The number of fused-ring (bicyclic) bond motifs is 1. The second-order valence-electron chi connectivity index (χ2n) is 10.8. The first-order valence-corrected chi connectivity index (χ1v) is 12.1. The molecule has 0 radical (unpaired) electrons. The van der Waals surface area contributed by atoms with Crippen molar-refractivity contribution < 1.29 is 29.0 Å². The van der Waals surface area contributed by atoms with Crippen molar-refractivity contribution in [2.24, 2.45) is 17.8 Å². The number of rotatable bonds is 9. The summed E-state index contributed by atoms with van der Waals surface area (Å²) in [6.45, 7) is 16.2. The molecular formula is C25H40N2O6. The summed E-state index contributed by atoms with van der Waals surface area (Å²) < 4.78 is 12.0. The monoisotopic (exact) mass is 464 g/mol. The van der Waals surface area contributed by atoms with Crippen molar-refractivity contribution >= 4 is 17.8 Å². The number of esters is 1. The second kappa shape index (κ2) is 9.02. The summed E-state index contributed by atoms with van der Waals surface area (Å²) in [6.07, 6.45) is 3.29.